The molecule has 1 aliphatic rings. The second-order valence-corrected chi connectivity index (χ2v) is 7.50. The molecule has 0 spiro atoms. The van der Waals surface area contributed by atoms with Crippen molar-refractivity contribution >= 4 is 11.6 Å². The zero-order valence-electron chi connectivity index (χ0n) is 15.5. The van der Waals surface area contributed by atoms with Crippen LogP contribution in [0.5, 0.6) is 11.5 Å². The molecule has 28 heavy (non-hydrogen) atoms. The molecule has 8 heteroatoms. The van der Waals surface area contributed by atoms with Gasteiger partial charge < -0.3 is 9.47 Å². The van der Waals surface area contributed by atoms with Gasteiger partial charge in [-0.2, -0.15) is 13.2 Å². The van der Waals surface area contributed by atoms with Gasteiger partial charge in [0.2, 0.25) is 0 Å². The zero-order chi connectivity index (χ0) is 20.2. The number of benzene rings is 1. The molecule has 3 rings (SSSR count). The summed E-state index contributed by atoms with van der Waals surface area (Å²) in [5, 5.41) is 0.662. The number of likely N-dealkylation sites (tertiary alicyclic amines) is 1. The molecule has 2 aromatic rings. The van der Waals surface area contributed by atoms with Crippen molar-refractivity contribution in [2.75, 3.05) is 26.2 Å². The molecule has 0 aliphatic carbocycles. The molecule has 0 saturated carbocycles. The van der Waals surface area contributed by atoms with Crippen LogP contribution in [0.2, 0.25) is 5.02 Å². The van der Waals surface area contributed by atoms with Crippen LogP contribution < -0.4 is 9.47 Å². The molecule has 2 heterocycles. The van der Waals surface area contributed by atoms with Gasteiger partial charge in [-0.05, 0) is 50.1 Å². The van der Waals surface area contributed by atoms with Crippen LogP contribution in [0.4, 0.5) is 13.2 Å². The van der Waals surface area contributed by atoms with Crippen LogP contribution in [-0.4, -0.2) is 41.7 Å². The number of halogens is 4. The van der Waals surface area contributed by atoms with E-state index < -0.39 is 11.7 Å². The number of nitrogens with zero attached hydrogens (tertiary/aromatic N) is 2. The van der Waals surface area contributed by atoms with Gasteiger partial charge in [-0.1, -0.05) is 11.6 Å². The molecular weight excluding hydrogens is 393 g/mol. The highest BCUT2D eigenvalue weighted by Gasteiger charge is 2.35. The third kappa shape index (κ3) is 5.52. The Morgan fingerprint density at radius 3 is 2.46 bits per heavy atom. The van der Waals surface area contributed by atoms with E-state index in [1.54, 1.807) is 12.1 Å². The fraction of sp³-hybridized carbons (Fsp3) is 0.450. The molecule has 1 aromatic heterocycles. The average Bonchev–Trinajstić information content (AvgIpc) is 2.65. The highest BCUT2D eigenvalue weighted by Crippen LogP contribution is 2.35. The largest absolute Gasteiger partial charge is 0.492 e. The SMILES string of the molecule is CC1(Oc2ccc(Cl)cc2)CCN(CCOc2ccncc2C(F)(F)F)CC1. The number of pyridine rings is 1. The Labute approximate surface area is 167 Å². The Hall–Kier alpha value is -1.99. The van der Waals surface area contributed by atoms with Crippen LogP contribution in [0.15, 0.2) is 42.7 Å². The van der Waals surface area contributed by atoms with E-state index in [0.29, 0.717) is 11.6 Å². The maximum atomic E-state index is 13.0. The maximum Gasteiger partial charge on any atom is 0.421 e. The Morgan fingerprint density at radius 2 is 1.82 bits per heavy atom. The standard InChI is InChI=1S/C20H22ClF3N2O2/c1-19(28-16-4-2-15(21)3-5-16)7-10-26(11-8-19)12-13-27-18-6-9-25-14-17(18)20(22,23)24/h2-6,9,14H,7-8,10-13H2,1H3. The van der Waals surface area contributed by atoms with E-state index in [1.165, 1.54) is 12.3 Å². The van der Waals surface area contributed by atoms with Crippen LogP contribution in [0.3, 0.4) is 0 Å². The summed E-state index contributed by atoms with van der Waals surface area (Å²) < 4.78 is 50.4. The molecule has 1 saturated heterocycles. The lowest BCUT2D eigenvalue weighted by Gasteiger charge is -2.39. The van der Waals surface area contributed by atoms with Crippen LogP contribution in [0, 0.1) is 0 Å². The van der Waals surface area contributed by atoms with Crippen LogP contribution >= 0.6 is 11.6 Å². The van der Waals surface area contributed by atoms with Gasteiger partial charge in [-0.25, -0.2) is 0 Å². The molecule has 0 unspecified atom stereocenters. The van der Waals surface area contributed by atoms with E-state index in [2.05, 4.69) is 16.8 Å². The number of hydrogen-bond donors (Lipinski definition) is 0. The number of aromatic nitrogens is 1. The molecular formula is C20H22ClF3N2O2. The number of piperidine rings is 1. The van der Waals surface area contributed by atoms with E-state index in [9.17, 15) is 13.2 Å². The zero-order valence-corrected chi connectivity index (χ0v) is 16.3. The topological polar surface area (TPSA) is 34.6 Å². The van der Waals surface area contributed by atoms with E-state index in [1.807, 2.05) is 12.1 Å². The van der Waals surface area contributed by atoms with Crippen LogP contribution in [-0.2, 0) is 6.18 Å². The number of alkyl halides is 3. The molecule has 0 N–H and O–H groups in total. The molecule has 0 amide bonds. The summed E-state index contributed by atoms with van der Waals surface area (Å²) in [5.41, 5.74) is -1.13. The van der Waals surface area contributed by atoms with Gasteiger partial charge in [0.25, 0.3) is 0 Å². The number of ether oxygens (including phenoxy) is 2. The van der Waals surface area contributed by atoms with E-state index in [4.69, 9.17) is 21.1 Å². The van der Waals surface area contributed by atoms with Gasteiger partial charge in [0.15, 0.2) is 0 Å². The van der Waals surface area contributed by atoms with Crippen LogP contribution in [0.1, 0.15) is 25.3 Å². The monoisotopic (exact) mass is 414 g/mol. The molecule has 0 bridgehead atoms. The van der Waals surface area contributed by atoms with Crippen LogP contribution in [0.25, 0.3) is 0 Å². The third-order valence-electron chi connectivity index (χ3n) is 4.84. The summed E-state index contributed by atoms with van der Waals surface area (Å²) >= 11 is 5.90. The Morgan fingerprint density at radius 1 is 1.14 bits per heavy atom. The van der Waals surface area contributed by atoms with Gasteiger partial charge >= 0.3 is 6.18 Å². The van der Waals surface area contributed by atoms with E-state index >= 15 is 0 Å². The summed E-state index contributed by atoms with van der Waals surface area (Å²) in [5.74, 6) is 0.594. The van der Waals surface area contributed by atoms with Gasteiger partial charge in [-0.3, -0.25) is 9.88 Å². The van der Waals surface area contributed by atoms with Crippen molar-refractivity contribution in [2.24, 2.45) is 0 Å². The molecule has 1 aromatic carbocycles. The predicted octanol–water partition coefficient (Wildman–Crippen LogP) is 5.07. The molecule has 0 radical (unpaired) electrons. The quantitative estimate of drug-likeness (QED) is 0.661. The fourth-order valence-electron chi connectivity index (χ4n) is 3.14. The summed E-state index contributed by atoms with van der Waals surface area (Å²) in [6.07, 6.45) is -0.756. The lowest BCUT2D eigenvalue weighted by Crippen LogP contribution is -2.47. The minimum atomic E-state index is -4.48. The van der Waals surface area contributed by atoms with Crippen molar-refractivity contribution in [3.63, 3.8) is 0 Å². The lowest BCUT2D eigenvalue weighted by molar-refractivity contribution is -0.139. The van der Waals surface area contributed by atoms with E-state index in [-0.39, 0.29) is 18.0 Å². The fourth-order valence-corrected chi connectivity index (χ4v) is 3.27. The van der Waals surface area contributed by atoms with E-state index in [0.717, 1.165) is 37.9 Å². The van der Waals surface area contributed by atoms with Crippen molar-refractivity contribution in [1.29, 1.82) is 0 Å². The molecule has 0 atom stereocenters. The molecule has 152 valence electrons. The van der Waals surface area contributed by atoms with Gasteiger partial charge in [0.1, 0.15) is 29.3 Å². The minimum Gasteiger partial charge on any atom is -0.492 e. The summed E-state index contributed by atoms with van der Waals surface area (Å²) in [4.78, 5) is 5.70. The number of hydrogen-bond acceptors (Lipinski definition) is 4. The Balaban J connectivity index is 1.47. The first-order valence-electron chi connectivity index (χ1n) is 9.06. The normalized spacial score (nSPS) is 17.3. The average molecular weight is 415 g/mol. The van der Waals surface area contributed by atoms with Gasteiger partial charge in [-0.15, -0.1) is 0 Å². The highest BCUT2D eigenvalue weighted by atomic mass is 35.5. The Kier molecular flexibility index (Phi) is 6.35. The lowest BCUT2D eigenvalue weighted by atomic mass is 9.93. The number of rotatable bonds is 6. The summed E-state index contributed by atoms with van der Waals surface area (Å²) in [7, 11) is 0. The van der Waals surface area contributed by atoms with Crippen molar-refractivity contribution in [1.82, 2.24) is 9.88 Å². The maximum absolute atomic E-state index is 13.0. The summed E-state index contributed by atoms with van der Waals surface area (Å²) in [6.45, 7) is 4.38. The molecule has 4 nitrogen and oxygen atoms in total. The third-order valence-corrected chi connectivity index (χ3v) is 5.10. The van der Waals surface area contributed by atoms with Crippen molar-refractivity contribution in [3.8, 4) is 11.5 Å². The second-order valence-electron chi connectivity index (χ2n) is 7.07. The van der Waals surface area contributed by atoms with Crippen molar-refractivity contribution in [2.45, 2.75) is 31.5 Å². The Bertz CT molecular complexity index is 776. The first-order valence-corrected chi connectivity index (χ1v) is 9.44. The summed E-state index contributed by atoms with van der Waals surface area (Å²) in [6, 6.07) is 8.53. The first kappa shape index (κ1) is 20.7. The molecule has 1 fully saturated rings. The second kappa shape index (κ2) is 8.57. The smallest absolute Gasteiger partial charge is 0.421 e. The van der Waals surface area contributed by atoms with Gasteiger partial charge in [0, 0.05) is 37.1 Å². The first-order chi connectivity index (χ1) is 13.3. The predicted molar refractivity (Wildman–Crippen MR) is 101 cm³/mol. The van der Waals surface area contributed by atoms with Gasteiger partial charge in [0.05, 0.1) is 0 Å². The highest BCUT2D eigenvalue weighted by molar-refractivity contribution is 6.30. The van der Waals surface area contributed by atoms with Crippen molar-refractivity contribution in [3.05, 3.63) is 53.3 Å². The van der Waals surface area contributed by atoms with Crippen molar-refractivity contribution < 1.29 is 22.6 Å². The molecule has 1 aliphatic heterocycles. The minimum absolute atomic E-state index is 0.182.